The van der Waals surface area contributed by atoms with Gasteiger partial charge in [0.05, 0.1) is 5.69 Å². The number of hydroxylamine groups is 1. The molecule has 0 radical (unpaired) electrons. The number of carbonyl (C=O) groups is 1. The Morgan fingerprint density at radius 2 is 1.92 bits per heavy atom. The van der Waals surface area contributed by atoms with Gasteiger partial charge in [0.2, 0.25) is 0 Å². The number of nitrogens with zero attached hydrogens (tertiary/aromatic N) is 3. The Hall–Kier alpha value is -2.22. The van der Waals surface area contributed by atoms with Gasteiger partial charge < -0.3 is 4.42 Å². The third-order valence-electron chi connectivity index (χ3n) is 4.73. The summed E-state index contributed by atoms with van der Waals surface area (Å²) in [5.41, 5.74) is 4.21. The number of hydrogen-bond acceptors (Lipinski definition) is 6. The fourth-order valence-corrected chi connectivity index (χ4v) is 3.49. The molecule has 0 aliphatic carbocycles. The van der Waals surface area contributed by atoms with Gasteiger partial charge in [-0.2, -0.15) is 0 Å². The number of rotatable bonds is 5. The number of aromatic nitrogens is 1. The minimum Gasteiger partial charge on any atom is -0.451 e. The third kappa shape index (κ3) is 4.25. The van der Waals surface area contributed by atoms with Crippen LogP contribution in [0.5, 0.6) is 0 Å². The summed E-state index contributed by atoms with van der Waals surface area (Å²) in [7, 11) is 0. The molecule has 1 aliphatic rings. The lowest BCUT2D eigenvalue weighted by molar-refractivity contribution is 0.0281. The summed E-state index contributed by atoms with van der Waals surface area (Å²) < 4.78 is 5.07. The first-order valence-electron chi connectivity index (χ1n) is 8.45. The second kappa shape index (κ2) is 7.77. The number of amides is 1. The van der Waals surface area contributed by atoms with Gasteiger partial charge in [-0.25, -0.2) is 10.5 Å². The van der Waals surface area contributed by atoms with Crippen molar-refractivity contribution in [3.8, 4) is 0 Å². The quantitative estimate of drug-likeness (QED) is 0.637. The highest BCUT2D eigenvalue weighted by molar-refractivity contribution is 5.93. The number of nitrogens with one attached hydrogen (secondary N) is 1. The first-order valence-corrected chi connectivity index (χ1v) is 8.45. The van der Waals surface area contributed by atoms with E-state index in [0.717, 1.165) is 37.4 Å². The molecule has 134 valence electrons. The maximum atomic E-state index is 11.4. The van der Waals surface area contributed by atoms with E-state index in [0.29, 0.717) is 17.6 Å². The van der Waals surface area contributed by atoms with Crippen LogP contribution in [0.15, 0.2) is 41.3 Å². The maximum Gasteiger partial charge on any atom is 0.274 e. The van der Waals surface area contributed by atoms with Gasteiger partial charge in [0.15, 0.2) is 6.39 Å². The number of carbonyl (C=O) groups excluding carboxylic acids is 1. The van der Waals surface area contributed by atoms with Gasteiger partial charge in [0.1, 0.15) is 6.26 Å². The summed E-state index contributed by atoms with van der Waals surface area (Å²) in [5, 5.41) is 8.67. The molecule has 1 aliphatic heterocycles. The lowest BCUT2D eigenvalue weighted by Crippen LogP contribution is -2.55. The number of oxazole rings is 1. The number of hydrogen-bond donors (Lipinski definition) is 2. The normalized spacial score (nSPS) is 22.0. The fraction of sp³-hybridized carbons (Fsp3) is 0.444. The fourth-order valence-electron chi connectivity index (χ4n) is 3.49. The van der Waals surface area contributed by atoms with E-state index in [1.165, 1.54) is 6.39 Å². The standard InChI is InChI=1S/C18H24N4O3/c1-13-7-21(8-14(2)22(13)10-17-11-25-12-19-17)9-15-3-5-16(6-4-15)18(23)20-24/h3-6,11-14,24H,7-10H2,1-2H3,(H,20,23). The summed E-state index contributed by atoms with van der Waals surface area (Å²) in [6.07, 6.45) is 3.18. The molecular weight excluding hydrogens is 320 g/mol. The largest absolute Gasteiger partial charge is 0.451 e. The van der Waals surface area contributed by atoms with Gasteiger partial charge in [-0.3, -0.25) is 19.8 Å². The molecular formula is C18H24N4O3. The molecule has 1 amide bonds. The van der Waals surface area contributed by atoms with Crippen molar-refractivity contribution in [1.29, 1.82) is 0 Å². The van der Waals surface area contributed by atoms with Crippen LogP contribution in [0.25, 0.3) is 0 Å². The molecule has 1 fully saturated rings. The molecule has 25 heavy (non-hydrogen) atoms. The van der Waals surface area contributed by atoms with Crippen LogP contribution < -0.4 is 5.48 Å². The highest BCUT2D eigenvalue weighted by atomic mass is 16.5. The second-order valence-corrected chi connectivity index (χ2v) is 6.68. The van der Waals surface area contributed by atoms with Crippen LogP contribution >= 0.6 is 0 Å². The lowest BCUT2D eigenvalue weighted by Gasteiger charge is -2.44. The minimum atomic E-state index is -0.490. The van der Waals surface area contributed by atoms with Crippen LogP contribution in [-0.4, -0.2) is 51.1 Å². The molecule has 2 unspecified atom stereocenters. The SMILES string of the molecule is CC1CN(Cc2ccc(C(=O)NO)cc2)CC(C)N1Cc1cocn1. The van der Waals surface area contributed by atoms with Crippen molar-refractivity contribution in [2.45, 2.75) is 39.0 Å². The first kappa shape index (κ1) is 17.6. The zero-order valence-corrected chi connectivity index (χ0v) is 14.6. The summed E-state index contributed by atoms with van der Waals surface area (Å²) in [5.74, 6) is -0.490. The predicted octanol–water partition coefficient (Wildman–Crippen LogP) is 1.89. The van der Waals surface area contributed by atoms with E-state index >= 15 is 0 Å². The molecule has 1 saturated heterocycles. The molecule has 2 heterocycles. The Morgan fingerprint density at radius 3 is 2.48 bits per heavy atom. The topological polar surface area (TPSA) is 81.8 Å². The monoisotopic (exact) mass is 344 g/mol. The van der Waals surface area contributed by atoms with Crippen molar-refractivity contribution in [3.63, 3.8) is 0 Å². The van der Waals surface area contributed by atoms with Gasteiger partial charge in [0.25, 0.3) is 5.91 Å². The van der Waals surface area contributed by atoms with E-state index in [9.17, 15) is 4.79 Å². The van der Waals surface area contributed by atoms with Crippen molar-refractivity contribution in [1.82, 2.24) is 20.3 Å². The average molecular weight is 344 g/mol. The van der Waals surface area contributed by atoms with Gasteiger partial charge in [0, 0.05) is 43.8 Å². The zero-order chi connectivity index (χ0) is 17.8. The second-order valence-electron chi connectivity index (χ2n) is 6.68. The van der Waals surface area contributed by atoms with E-state index in [1.54, 1.807) is 23.9 Å². The summed E-state index contributed by atoms with van der Waals surface area (Å²) >= 11 is 0. The van der Waals surface area contributed by atoms with Crippen LogP contribution in [0.3, 0.4) is 0 Å². The van der Waals surface area contributed by atoms with Crippen molar-refractivity contribution < 1.29 is 14.4 Å². The lowest BCUT2D eigenvalue weighted by atomic mass is 10.1. The Labute approximate surface area is 147 Å². The average Bonchev–Trinajstić information content (AvgIpc) is 3.11. The van der Waals surface area contributed by atoms with Crippen LogP contribution in [0.4, 0.5) is 0 Å². The van der Waals surface area contributed by atoms with Crippen molar-refractivity contribution in [3.05, 3.63) is 53.7 Å². The minimum absolute atomic E-state index is 0.417. The van der Waals surface area contributed by atoms with Crippen LogP contribution in [0, 0.1) is 0 Å². The summed E-state index contributed by atoms with van der Waals surface area (Å²) in [4.78, 5) is 20.5. The van der Waals surface area contributed by atoms with Crippen LogP contribution in [0.2, 0.25) is 0 Å². The molecule has 1 aromatic carbocycles. The Bertz CT molecular complexity index is 675. The molecule has 2 atom stereocenters. The molecule has 7 heteroatoms. The molecule has 1 aromatic heterocycles. The Morgan fingerprint density at radius 1 is 1.24 bits per heavy atom. The van der Waals surface area contributed by atoms with Gasteiger partial charge in [-0.05, 0) is 31.5 Å². The molecule has 0 bridgehead atoms. The van der Waals surface area contributed by atoms with E-state index in [2.05, 4.69) is 28.6 Å². The summed E-state index contributed by atoms with van der Waals surface area (Å²) in [6, 6.07) is 8.16. The molecule has 7 nitrogen and oxygen atoms in total. The van der Waals surface area contributed by atoms with E-state index in [1.807, 2.05) is 12.1 Å². The molecule has 3 rings (SSSR count). The van der Waals surface area contributed by atoms with Gasteiger partial charge in [-0.1, -0.05) is 12.1 Å². The molecule has 0 saturated carbocycles. The third-order valence-corrected chi connectivity index (χ3v) is 4.73. The van der Waals surface area contributed by atoms with Crippen LogP contribution in [0.1, 0.15) is 35.5 Å². The van der Waals surface area contributed by atoms with Crippen molar-refractivity contribution in [2.75, 3.05) is 13.1 Å². The summed E-state index contributed by atoms with van der Waals surface area (Å²) in [6.45, 7) is 8.06. The van der Waals surface area contributed by atoms with Gasteiger partial charge in [-0.15, -0.1) is 0 Å². The molecule has 0 spiro atoms. The number of benzene rings is 1. The zero-order valence-electron chi connectivity index (χ0n) is 14.6. The Balaban J connectivity index is 1.59. The predicted molar refractivity (Wildman–Crippen MR) is 91.9 cm³/mol. The number of piperazine rings is 1. The molecule has 2 N–H and O–H groups in total. The van der Waals surface area contributed by atoms with Crippen LogP contribution in [-0.2, 0) is 13.1 Å². The smallest absolute Gasteiger partial charge is 0.274 e. The van der Waals surface area contributed by atoms with E-state index < -0.39 is 5.91 Å². The van der Waals surface area contributed by atoms with E-state index in [-0.39, 0.29) is 0 Å². The highest BCUT2D eigenvalue weighted by Crippen LogP contribution is 2.20. The Kier molecular flexibility index (Phi) is 5.47. The first-order chi connectivity index (χ1) is 12.1. The van der Waals surface area contributed by atoms with E-state index in [4.69, 9.17) is 9.62 Å². The van der Waals surface area contributed by atoms with Gasteiger partial charge >= 0.3 is 0 Å². The maximum absolute atomic E-state index is 11.4. The highest BCUT2D eigenvalue weighted by Gasteiger charge is 2.29. The van der Waals surface area contributed by atoms with Crippen molar-refractivity contribution >= 4 is 5.91 Å². The molecule has 2 aromatic rings. The van der Waals surface area contributed by atoms with Crippen molar-refractivity contribution in [2.24, 2.45) is 0 Å².